The Kier molecular flexibility index (Phi) is 4.93. The van der Waals surface area contributed by atoms with Gasteiger partial charge >= 0.3 is 0 Å². The first kappa shape index (κ1) is 15.2. The van der Waals surface area contributed by atoms with Crippen LogP contribution in [0, 0.1) is 6.92 Å². The summed E-state index contributed by atoms with van der Waals surface area (Å²) in [5, 5.41) is 14.8. The highest BCUT2D eigenvalue weighted by Crippen LogP contribution is 2.22. The van der Waals surface area contributed by atoms with Crippen LogP contribution in [-0.2, 0) is 13.5 Å². The maximum atomic E-state index is 10.5. The lowest BCUT2D eigenvalue weighted by Crippen LogP contribution is -2.53. The van der Waals surface area contributed by atoms with Crippen LogP contribution < -0.4 is 0 Å². The average Bonchev–Trinajstić information content (AvgIpc) is 2.58. The zero-order valence-corrected chi connectivity index (χ0v) is 12.6. The molecule has 4 nitrogen and oxygen atoms in total. The Morgan fingerprint density at radius 2 is 1.94 bits per heavy atom. The molecule has 0 aliphatic rings. The Balaban J connectivity index is 2.81. The maximum Gasteiger partial charge on any atom is 0.0773 e. The molecule has 1 aromatic heterocycles. The molecule has 1 heterocycles. The Morgan fingerprint density at radius 3 is 2.33 bits per heavy atom. The van der Waals surface area contributed by atoms with E-state index in [-0.39, 0.29) is 5.54 Å². The third kappa shape index (κ3) is 3.12. The molecule has 0 saturated carbocycles. The summed E-state index contributed by atoms with van der Waals surface area (Å²) in [6.07, 6.45) is 0.244. The number of rotatable bonds is 6. The van der Waals surface area contributed by atoms with Gasteiger partial charge in [0.2, 0.25) is 0 Å². The van der Waals surface area contributed by atoms with Gasteiger partial charge in [-0.05, 0) is 39.9 Å². The van der Waals surface area contributed by atoms with E-state index in [1.165, 1.54) is 0 Å². The molecule has 0 saturated heterocycles. The lowest BCUT2D eigenvalue weighted by molar-refractivity contribution is -0.00506. The molecule has 0 fully saturated rings. The molecule has 1 unspecified atom stereocenters. The van der Waals surface area contributed by atoms with Gasteiger partial charge in [-0.3, -0.25) is 9.58 Å². The van der Waals surface area contributed by atoms with E-state index in [1.54, 1.807) is 0 Å². The first-order valence-electron chi connectivity index (χ1n) is 6.75. The van der Waals surface area contributed by atoms with Gasteiger partial charge in [0.15, 0.2) is 0 Å². The van der Waals surface area contributed by atoms with Crippen molar-refractivity contribution < 1.29 is 5.11 Å². The van der Waals surface area contributed by atoms with Crippen molar-refractivity contribution in [3.05, 3.63) is 17.5 Å². The number of hydrogen-bond donors (Lipinski definition) is 1. The molecule has 1 rings (SSSR count). The fraction of sp³-hybridized carbons (Fsp3) is 0.786. The van der Waals surface area contributed by atoms with E-state index in [4.69, 9.17) is 0 Å². The topological polar surface area (TPSA) is 41.3 Å². The second-order valence-electron chi connectivity index (χ2n) is 5.45. The minimum atomic E-state index is -0.396. The average molecular weight is 253 g/mol. The first-order chi connectivity index (χ1) is 8.32. The standard InChI is InChI=1S/C14H27N3O/c1-7-17(8-2)14(4,5)13(18)10-12-9-11(3)15-16(12)6/h9,13,18H,7-8,10H2,1-6H3. The van der Waals surface area contributed by atoms with Crippen molar-refractivity contribution in [1.29, 1.82) is 0 Å². The van der Waals surface area contributed by atoms with Crippen molar-refractivity contribution in [2.75, 3.05) is 13.1 Å². The minimum absolute atomic E-state index is 0.221. The van der Waals surface area contributed by atoms with E-state index in [9.17, 15) is 5.11 Å². The molecule has 0 aliphatic heterocycles. The third-order valence-corrected chi connectivity index (χ3v) is 3.90. The quantitative estimate of drug-likeness (QED) is 0.840. The van der Waals surface area contributed by atoms with Crippen LogP contribution in [0.4, 0.5) is 0 Å². The zero-order valence-electron chi connectivity index (χ0n) is 12.6. The Hall–Kier alpha value is -0.870. The van der Waals surface area contributed by atoms with Gasteiger partial charge in [-0.15, -0.1) is 0 Å². The number of aliphatic hydroxyl groups excluding tert-OH is 1. The highest BCUT2D eigenvalue weighted by Gasteiger charge is 2.33. The molecule has 1 aromatic rings. The molecule has 104 valence electrons. The molecule has 1 atom stereocenters. The molecular weight excluding hydrogens is 226 g/mol. The summed E-state index contributed by atoms with van der Waals surface area (Å²) in [7, 11) is 1.93. The Morgan fingerprint density at radius 1 is 1.39 bits per heavy atom. The number of aryl methyl sites for hydroxylation is 2. The molecule has 4 heteroatoms. The summed E-state index contributed by atoms with van der Waals surface area (Å²) in [5.41, 5.74) is 1.86. The maximum absolute atomic E-state index is 10.5. The lowest BCUT2D eigenvalue weighted by Gasteiger charge is -2.41. The molecule has 0 spiro atoms. The molecule has 0 bridgehead atoms. The summed E-state index contributed by atoms with van der Waals surface area (Å²) in [6, 6.07) is 2.04. The number of aromatic nitrogens is 2. The molecule has 1 N–H and O–H groups in total. The Labute approximate surface area is 111 Å². The molecule has 0 amide bonds. The van der Waals surface area contributed by atoms with Gasteiger partial charge in [-0.25, -0.2) is 0 Å². The van der Waals surface area contributed by atoms with Crippen molar-refractivity contribution in [1.82, 2.24) is 14.7 Å². The van der Waals surface area contributed by atoms with E-state index in [2.05, 4.69) is 37.7 Å². The van der Waals surface area contributed by atoms with Gasteiger partial charge in [0, 0.05) is 24.7 Å². The zero-order chi connectivity index (χ0) is 13.9. The van der Waals surface area contributed by atoms with Crippen LogP contribution in [0.25, 0.3) is 0 Å². The molecule has 18 heavy (non-hydrogen) atoms. The van der Waals surface area contributed by atoms with Gasteiger partial charge in [0.25, 0.3) is 0 Å². The third-order valence-electron chi connectivity index (χ3n) is 3.90. The molecule has 0 aromatic carbocycles. The van der Waals surface area contributed by atoms with Crippen molar-refractivity contribution in [2.45, 2.75) is 52.7 Å². The minimum Gasteiger partial charge on any atom is -0.391 e. The summed E-state index contributed by atoms with van der Waals surface area (Å²) < 4.78 is 1.86. The number of aliphatic hydroxyl groups is 1. The summed E-state index contributed by atoms with van der Waals surface area (Å²) >= 11 is 0. The van der Waals surface area contributed by atoms with Crippen LogP contribution in [0.2, 0.25) is 0 Å². The first-order valence-corrected chi connectivity index (χ1v) is 6.75. The van der Waals surface area contributed by atoms with Gasteiger partial charge < -0.3 is 5.11 Å². The molecule has 0 aliphatic carbocycles. The fourth-order valence-electron chi connectivity index (χ4n) is 2.55. The smallest absolute Gasteiger partial charge is 0.0773 e. The predicted molar refractivity (Wildman–Crippen MR) is 74.7 cm³/mol. The van der Waals surface area contributed by atoms with Gasteiger partial charge in [0.1, 0.15) is 0 Å². The van der Waals surface area contributed by atoms with Crippen LogP contribution in [0.3, 0.4) is 0 Å². The number of likely N-dealkylation sites (N-methyl/N-ethyl adjacent to an activating group) is 1. The van der Waals surface area contributed by atoms with E-state index in [0.717, 1.165) is 24.5 Å². The van der Waals surface area contributed by atoms with E-state index >= 15 is 0 Å². The van der Waals surface area contributed by atoms with Crippen molar-refractivity contribution in [3.8, 4) is 0 Å². The van der Waals surface area contributed by atoms with Crippen molar-refractivity contribution >= 4 is 0 Å². The lowest BCUT2D eigenvalue weighted by atomic mass is 9.91. The summed E-state index contributed by atoms with van der Waals surface area (Å²) in [5.74, 6) is 0. The summed E-state index contributed by atoms with van der Waals surface area (Å²) in [4.78, 5) is 2.29. The number of nitrogens with zero attached hydrogens (tertiary/aromatic N) is 3. The summed E-state index contributed by atoms with van der Waals surface area (Å²) in [6.45, 7) is 12.3. The van der Waals surface area contributed by atoms with E-state index < -0.39 is 6.10 Å². The predicted octanol–water partition coefficient (Wildman–Crippen LogP) is 1.75. The van der Waals surface area contributed by atoms with Crippen LogP contribution in [-0.4, -0.2) is 44.5 Å². The number of hydrogen-bond acceptors (Lipinski definition) is 3. The second kappa shape index (κ2) is 5.85. The second-order valence-corrected chi connectivity index (χ2v) is 5.45. The fourth-order valence-corrected chi connectivity index (χ4v) is 2.55. The molecule has 0 radical (unpaired) electrons. The Bertz CT molecular complexity index is 380. The van der Waals surface area contributed by atoms with E-state index in [0.29, 0.717) is 6.42 Å². The monoisotopic (exact) mass is 253 g/mol. The van der Waals surface area contributed by atoms with Gasteiger partial charge in [-0.1, -0.05) is 13.8 Å². The van der Waals surface area contributed by atoms with Crippen LogP contribution in [0.1, 0.15) is 39.1 Å². The SMILES string of the molecule is CCN(CC)C(C)(C)C(O)Cc1cc(C)nn1C. The highest BCUT2D eigenvalue weighted by atomic mass is 16.3. The van der Waals surface area contributed by atoms with Gasteiger partial charge in [-0.2, -0.15) is 5.10 Å². The van der Waals surface area contributed by atoms with Gasteiger partial charge in [0.05, 0.1) is 11.8 Å². The van der Waals surface area contributed by atoms with E-state index in [1.807, 2.05) is 24.7 Å². The highest BCUT2D eigenvalue weighted by molar-refractivity contribution is 5.11. The van der Waals surface area contributed by atoms with Crippen molar-refractivity contribution in [2.24, 2.45) is 7.05 Å². The van der Waals surface area contributed by atoms with Crippen molar-refractivity contribution in [3.63, 3.8) is 0 Å². The van der Waals surface area contributed by atoms with Crippen LogP contribution in [0.5, 0.6) is 0 Å². The largest absolute Gasteiger partial charge is 0.391 e. The van der Waals surface area contributed by atoms with Crippen LogP contribution >= 0.6 is 0 Å². The molecular formula is C14H27N3O. The normalized spacial score (nSPS) is 14.2. The van der Waals surface area contributed by atoms with Crippen LogP contribution in [0.15, 0.2) is 6.07 Å².